The minimum absolute atomic E-state index is 0.0486. The fourth-order valence-electron chi connectivity index (χ4n) is 3.27. The van der Waals surface area contributed by atoms with Crippen LogP contribution >= 0.6 is 0 Å². The van der Waals surface area contributed by atoms with Crippen LogP contribution in [0.5, 0.6) is 0 Å². The molecule has 0 saturated carbocycles. The van der Waals surface area contributed by atoms with Gasteiger partial charge in [-0.2, -0.15) is 0 Å². The summed E-state index contributed by atoms with van der Waals surface area (Å²) in [7, 11) is 3.97. The van der Waals surface area contributed by atoms with Gasteiger partial charge in [0.1, 0.15) is 11.6 Å². The molecule has 0 radical (unpaired) electrons. The summed E-state index contributed by atoms with van der Waals surface area (Å²) in [5.41, 5.74) is 0.359. The molecule has 0 fully saturated rings. The van der Waals surface area contributed by atoms with E-state index in [1.807, 2.05) is 51.4 Å². The third-order valence-electron chi connectivity index (χ3n) is 4.88. The van der Waals surface area contributed by atoms with Crippen LogP contribution in [0.25, 0.3) is 0 Å². The van der Waals surface area contributed by atoms with Crippen LogP contribution in [0.4, 0.5) is 4.39 Å². The number of carbonyl (C=O) groups excluding carboxylic acids is 1. The summed E-state index contributed by atoms with van der Waals surface area (Å²) in [6.45, 7) is 3.92. The Kier molecular flexibility index (Phi) is 5.89. The van der Waals surface area contributed by atoms with Crippen molar-refractivity contribution in [2.75, 3.05) is 14.1 Å². The molecule has 0 unspecified atom stereocenters. The van der Waals surface area contributed by atoms with Gasteiger partial charge in [-0.25, -0.2) is 4.39 Å². The molecule has 0 N–H and O–H groups in total. The third-order valence-corrected chi connectivity index (χ3v) is 4.88. The number of hydrogen-bond acceptors (Lipinski definition) is 2. The van der Waals surface area contributed by atoms with Gasteiger partial charge in [-0.3, -0.25) is 4.79 Å². The molecule has 2 aromatic rings. The molecule has 128 valence electrons. The summed E-state index contributed by atoms with van der Waals surface area (Å²) in [5, 5.41) is 0. The van der Waals surface area contributed by atoms with Crippen LogP contribution in [0, 0.1) is 5.82 Å². The molecule has 0 aliphatic heterocycles. The van der Waals surface area contributed by atoms with Gasteiger partial charge in [0, 0.05) is 18.0 Å². The highest BCUT2D eigenvalue weighted by molar-refractivity contribution is 5.93. The Balaban J connectivity index is 2.74. The molecule has 0 heterocycles. The summed E-state index contributed by atoms with van der Waals surface area (Å²) >= 11 is 0. The van der Waals surface area contributed by atoms with E-state index in [0.29, 0.717) is 18.4 Å². The van der Waals surface area contributed by atoms with E-state index in [1.165, 1.54) is 6.07 Å². The van der Waals surface area contributed by atoms with E-state index < -0.39 is 5.41 Å². The van der Waals surface area contributed by atoms with Crippen molar-refractivity contribution >= 4 is 5.78 Å². The Hall–Kier alpha value is -2.00. The predicted molar refractivity (Wildman–Crippen MR) is 96.7 cm³/mol. The average Bonchev–Trinajstić information content (AvgIpc) is 2.60. The molecular weight excluding hydrogens is 301 g/mol. The summed E-state index contributed by atoms with van der Waals surface area (Å²) in [5.74, 6) is -0.276. The number of rotatable bonds is 7. The number of Topliss-reactive ketones (excluding diaryl/α,β-unsaturated/α-hetero) is 1. The molecule has 2 rings (SSSR count). The lowest BCUT2D eigenvalue weighted by molar-refractivity contribution is -0.123. The van der Waals surface area contributed by atoms with Crippen molar-refractivity contribution in [1.82, 2.24) is 4.90 Å². The van der Waals surface area contributed by atoms with E-state index in [1.54, 1.807) is 18.2 Å². The predicted octanol–water partition coefficient (Wildman–Crippen LogP) is 4.43. The lowest BCUT2D eigenvalue weighted by Crippen LogP contribution is -2.43. The molecule has 0 saturated heterocycles. The first-order valence-electron chi connectivity index (χ1n) is 8.43. The van der Waals surface area contributed by atoms with Crippen molar-refractivity contribution in [3.63, 3.8) is 0 Å². The highest BCUT2D eigenvalue weighted by Crippen LogP contribution is 2.40. The number of nitrogens with zero attached hydrogens (tertiary/aromatic N) is 1. The summed E-state index contributed by atoms with van der Waals surface area (Å²) < 4.78 is 14.8. The van der Waals surface area contributed by atoms with Crippen LogP contribution in [0.15, 0.2) is 54.6 Å². The van der Waals surface area contributed by atoms with Gasteiger partial charge < -0.3 is 4.90 Å². The molecule has 0 bridgehead atoms. The van der Waals surface area contributed by atoms with Gasteiger partial charge in [-0.05, 0) is 39.1 Å². The summed E-state index contributed by atoms with van der Waals surface area (Å²) in [6, 6.07) is 16.4. The Morgan fingerprint density at radius 2 is 1.67 bits per heavy atom. The largest absolute Gasteiger partial charge is 0.307 e. The van der Waals surface area contributed by atoms with Crippen molar-refractivity contribution < 1.29 is 9.18 Å². The number of carbonyl (C=O) groups is 1. The smallest absolute Gasteiger partial charge is 0.147 e. The number of ketones is 1. The molecule has 2 nitrogen and oxygen atoms in total. The van der Waals surface area contributed by atoms with Gasteiger partial charge in [0.2, 0.25) is 0 Å². The van der Waals surface area contributed by atoms with Crippen molar-refractivity contribution in [3.05, 3.63) is 71.5 Å². The summed E-state index contributed by atoms with van der Waals surface area (Å²) in [6.07, 6.45) is 0.904. The second-order valence-electron chi connectivity index (χ2n) is 6.54. The van der Waals surface area contributed by atoms with Gasteiger partial charge in [0.25, 0.3) is 0 Å². The van der Waals surface area contributed by atoms with E-state index >= 15 is 0 Å². The second kappa shape index (κ2) is 7.71. The van der Waals surface area contributed by atoms with Gasteiger partial charge in [-0.1, -0.05) is 55.5 Å². The lowest BCUT2D eigenvalue weighted by atomic mass is 9.66. The van der Waals surface area contributed by atoms with Gasteiger partial charge in [0.05, 0.1) is 5.41 Å². The molecule has 3 heteroatoms. The molecule has 0 spiro atoms. The summed E-state index contributed by atoms with van der Waals surface area (Å²) in [4.78, 5) is 15.2. The Morgan fingerprint density at radius 3 is 2.21 bits per heavy atom. The van der Waals surface area contributed by atoms with E-state index in [0.717, 1.165) is 5.56 Å². The molecule has 0 amide bonds. The van der Waals surface area contributed by atoms with Crippen LogP contribution in [0.1, 0.15) is 37.8 Å². The van der Waals surface area contributed by atoms with E-state index in [4.69, 9.17) is 0 Å². The van der Waals surface area contributed by atoms with Crippen molar-refractivity contribution in [2.45, 2.75) is 38.1 Å². The Morgan fingerprint density at radius 1 is 1.08 bits per heavy atom. The molecule has 0 aromatic heterocycles. The Bertz CT molecular complexity index is 683. The SMILES string of the molecule is CCC(=O)[C@](C[C@H](C)N(C)C)(c1ccccc1)c1ccccc1F. The monoisotopic (exact) mass is 327 g/mol. The molecule has 2 aromatic carbocycles. The maximum Gasteiger partial charge on any atom is 0.147 e. The van der Waals surface area contributed by atoms with E-state index in [2.05, 4.69) is 11.8 Å². The molecular formula is C21H26FNO. The number of hydrogen-bond donors (Lipinski definition) is 0. The first-order chi connectivity index (χ1) is 11.4. The molecule has 24 heavy (non-hydrogen) atoms. The number of benzene rings is 2. The standard InChI is InChI=1S/C21H26FNO/c1-5-20(24)21(15-16(2)23(3)4,17-11-7-6-8-12-17)18-13-9-10-14-19(18)22/h6-14,16H,5,15H2,1-4H3/t16-,21+/m0/s1. The molecule has 0 aliphatic rings. The quantitative estimate of drug-likeness (QED) is 0.750. The fraction of sp³-hybridized carbons (Fsp3) is 0.381. The fourth-order valence-corrected chi connectivity index (χ4v) is 3.27. The van der Waals surface area contributed by atoms with Crippen LogP contribution in [-0.2, 0) is 10.2 Å². The van der Waals surface area contributed by atoms with E-state index in [-0.39, 0.29) is 17.6 Å². The maximum absolute atomic E-state index is 14.8. The van der Waals surface area contributed by atoms with Crippen molar-refractivity contribution in [1.29, 1.82) is 0 Å². The first kappa shape index (κ1) is 18.3. The first-order valence-corrected chi connectivity index (χ1v) is 8.43. The molecule has 0 aliphatic carbocycles. The lowest BCUT2D eigenvalue weighted by Gasteiger charge is -2.37. The molecule has 2 atom stereocenters. The van der Waals surface area contributed by atoms with Crippen LogP contribution in [-0.4, -0.2) is 30.8 Å². The minimum atomic E-state index is -0.967. The van der Waals surface area contributed by atoms with Crippen molar-refractivity contribution in [3.8, 4) is 0 Å². The Labute approximate surface area is 144 Å². The van der Waals surface area contributed by atoms with E-state index in [9.17, 15) is 9.18 Å². The zero-order valence-corrected chi connectivity index (χ0v) is 14.9. The zero-order valence-electron chi connectivity index (χ0n) is 14.9. The maximum atomic E-state index is 14.8. The highest BCUT2D eigenvalue weighted by atomic mass is 19.1. The van der Waals surface area contributed by atoms with Gasteiger partial charge in [-0.15, -0.1) is 0 Å². The van der Waals surface area contributed by atoms with Gasteiger partial charge in [0.15, 0.2) is 0 Å². The zero-order chi connectivity index (χ0) is 17.7. The number of halogens is 1. The average molecular weight is 327 g/mol. The van der Waals surface area contributed by atoms with Gasteiger partial charge >= 0.3 is 0 Å². The van der Waals surface area contributed by atoms with Crippen LogP contribution < -0.4 is 0 Å². The topological polar surface area (TPSA) is 20.3 Å². The normalized spacial score (nSPS) is 15.1. The van der Waals surface area contributed by atoms with Crippen LogP contribution in [0.2, 0.25) is 0 Å². The van der Waals surface area contributed by atoms with Crippen LogP contribution in [0.3, 0.4) is 0 Å². The highest BCUT2D eigenvalue weighted by Gasteiger charge is 2.43. The third kappa shape index (κ3) is 3.41. The minimum Gasteiger partial charge on any atom is -0.307 e. The second-order valence-corrected chi connectivity index (χ2v) is 6.54. The van der Waals surface area contributed by atoms with Crippen molar-refractivity contribution in [2.24, 2.45) is 0 Å².